The number of carbonyl (C=O) groups is 4. The van der Waals surface area contributed by atoms with E-state index >= 15 is 0 Å². The van der Waals surface area contributed by atoms with Crippen LogP contribution in [0.1, 0.15) is 90.2 Å². The average molecular weight is 846 g/mol. The molecule has 3 atom stereocenters. The number of halogens is 1. The van der Waals surface area contributed by atoms with Crippen LogP contribution in [0.4, 0.5) is 21.6 Å². The van der Waals surface area contributed by atoms with E-state index in [2.05, 4.69) is 36.7 Å². The lowest BCUT2D eigenvalue weighted by Gasteiger charge is -2.21. The molecular weight excluding hydrogens is 798 g/mol. The number of nitrogens with one attached hydrogen (secondary N) is 5. The first-order valence-electron chi connectivity index (χ1n) is 20.9. The van der Waals surface area contributed by atoms with Gasteiger partial charge in [-0.05, 0) is 73.7 Å². The number of pyridine rings is 1. The Labute approximate surface area is 354 Å². The van der Waals surface area contributed by atoms with E-state index in [1.807, 2.05) is 18.2 Å². The number of amides is 4. The van der Waals surface area contributed by atoms with E-state index in [1.54, 1.807) is 67.3 Å². The Morgan fingerprint density at radius 1 is 0.903 bits per heavy atom. The number of fused-ring (bicyclic) bond motifs is 2. The van der Waals surface area contributed by atoms with Gasteiger partial charge in [0.15, 0.2) is 17.2 Å². The first-order valence-corrected chi connectivity index (χ1v) is 20.9. The van der Waals surface area contributed by atoms with Crippen molar-refractivity contribution < 1.29 is 23.6 Å². The number of unbranched alkanes of at least 4 members (excludes halogenated alkanes) is 5. The molecule has 1 aliphatic heterocycles. The van der Waals surface area contributed by atoms with Crippen molar-refractivity contribution in [1.82, 2.24) is 44.2 Å². The molecule has 8 rings (SSSR count). The molecule has 0 bridgehead atoms. The van der Waals surface area contributed by atoms with Gasteiger partial charge in [-0.25, -0.2) is 18.7 Å². The number of aromatic nitrogens is 6. The third kappa shape index (κ3) is 8.71. The van der Waals surface area contributed by atoms with Crippen LogP contribution in [0.15, 0.2) is 82.6 Å². The number of nitrogens with zero attached hydrogens (tertiary/aromatic N) is 6. The average Bonchev–Trinajstić information content (AvgIpc) is 3.68. The number of imide groups is 1. The molecule has 1 aliphatic carbocycles. The lowest BCUT2D eigenvalue weighted by atomic mass is 10.0. The number of imidazole rings is 2. The maximum Gasteiger partial charge on any atom is 0.329 e. The van der Waals surface area contributed by atoms with Gasteiger partial charge in [0.25, 0.3) is 17.4 Å². The molecule has 17 nitrogen and oxygen atoms in total. The monoisotopic (exact) mass is 845 g/mol. The summed E-state index contributed by atoms with van der Waals surface area (Å²) in [6, 6.07) is 16.5. The zero-order valence-electron chi connectivity index (χ0n) is 34.4. The number of piperidine rings is 1. The van der Waals surface area contributed by atoms with Crippen LogP contribution in [0.3, 0.4) is 0 Å². The van der Waals surface area contributed by atoms with Crippen molar-refractivity contribution in [3.05, 3.63) is 111 Å². The number of anilines is 3. The second-order valence-corrected chi connectivity index (χ2v) is 15.8. The molecule has 4 amide bonds. The van der Waals surface area contributed by atoms with Gasteiger partial charge < -0.3 is 21.3 Å². The Hall–Kier alpha value is -7.11. The van der Waals surface area contributed by atoms with Crippen LogP contribution in [0, 0.1) is 0 Å². The Morgan fingerprint density at radius 2 is 1.69 bits per heavy atom. The zero-order chi connectivity index (χ0) is 43.5. The second kappa shape index (κ2) is 17.9. The van der Waals surface area contributed by atoms with Gasteiger partial charge in [-0.15, -0.1) is 5.10 Å². The van der Waals surface area contributed by atoms with Crippen molar-refractivity contribution in [2.75, 3.05) is 24.2 Å². The predicted molar refractivity (Wildman–Crippen MR) is 231 cm³/mol. The molecule has 0 spiro atoms. The van der Waals surface area contributed by atoms with Gasteiger partial charge in [0.05, 0.1) is 29.0 Å². The van der Waals surface area contributed by atoms with E-state index in [0.29, 0.717) is 41.1 Å². The summed E-state index contributed by atoms with van der Waals surface area (Å²) in [5.74, 6) is -1.24. The number of hydrogen-bond donors (Lipinski definition) is 5. The largest absolute Gasteiger partial charge is 0.385 e. The molecule has 1 saturated heterocycles. The van der Waals surface area contributed by atoms with E-state index in [1.165, 1.54) is 19.8 Å². The normalized spacial score (nSPS) is 17.2. The lowest BCUT2D eigenvalue weighted by Crippen LogP contribution is -2.44. The number of alkyl halides is 1. The maximum atomic E-state index is 13.7. The van der Waals surface area contributed by atoms with Crippen LogP contribution >= 0.6 is 0 Å². The van der Waals surface area contributed by atoms with Crippen molar-refractivity contribution >= 4 is 57.5 Å². The van der Waals surface area contributed by atoms with Crippen LogP contribution in [0.5, 0.6) is 0 Å². The maximum absolute atomic E-state index is 13.7. The van der Waals surface area contributed by atoms with Gasteiger partial charge in [-0.1, -0.05) is 37.8 Å². The quantitative estimate of drug-likeness (QED) is 0.0644. The molecule has 5 N–H and O–H groups in total. The molecule has 0 radical (unpaired) electrons. The molecule has 2 aliphatic rings. The van der Waals surface area contributed by atoms with E-state index in [4.69, 9.17) is 0 Å². The molecule has 322 valence electrons. The molecule has 62 heavy (non-hydrogen) atoms. The minimum absolute atomic E-state index is 0.123. The predicted octanol–water partition coefficient (Wildman–Crippen LogP) is 4.45. The molecule has 1 saturated carbocycles. The molecule has 1 unspecified atom stereocenters. The summed E-state index contributed by atoms with van der Waals surface area (Å²) >= 11 is 0. The third-order valence-corrected chi connectivity index (χ3v) is 11.4. The van der Waals surface area contributed by atoms with Crippen LogP contribution in [-0.4, -0.2) is 77.7 Å². The molecule has 2 aromatic carbocycles. The minimum atomic E-state index is -1.06. The molecule has 5 heterocycles. The van der Waals surface area contributed by atoms with Crippen LogP contribution in [0.2, 0.25) is 0 Å². The summed E-state index contributed by atoms with van der Waals surface area (Å²) in [5, 5.41) is 18.6. The van der Waals surface area contributed by atoms with E-state index in [-0.39, 0.29) is 53.1 Å². The Kier molecular flexibility index (Phi) is 12.0. The summed E-state index contributed by atoms with van der Waals surface area (Å²) in [7, 11) is 3.39. The first-order chi connectivity index (χ1) is 30.0. The standard InChI is InChI=1S/C44H48FN11O6/c1-46-32-24-37(52-56-36(25-48-39(32)56)42(60)50-31-23-29(31)45)49-30-14-10-20-54(43(30)61)28-13-9-12-27(22-28)40(58)47-19-8-6-4-3-5-7-11-26-15-16-33-35(21-26)53(2)44(62)55(33)34-17-18-38(57)51-41(34)59/h9-10,12-16,20-22,24-25,29,31,34,46H,3-8,11,17-19,23H2,1-2H3,(H,47,58)(H,49,52)(H,50,60)(H,51,57,59)/t29-,31+,34?/m0/s1. The Balaban J connectivity index is 0.802. The number of rotatable bonds is 17. The van der Waals surface area contributed by atoms with Gasteiger partial charge in [0.2, 0.25) is 11.8 Å². The SMILES string of the molecule is CNc1cc(Nc2cccn(-c3cccc(C(=O)NCCCCCCCCc4ccc5c(c4)n(C)c(=O)n5C4CCC(=O)NC4=O)c3)c2=O)nn2c(C(=O)N[C@@H]3C[C@@H]3F)cnc12. The van der Waals surface area contributed by atoms with E-state index in [9.17, 15) is 33.2 Å². The van der Waals surface area contributed by atoms with E-state index in [0.717, 1.165) is 56.0 Å². The van der Waals surface area contributed by atoms with Gasteiger partial charge in [0, 0.05) is 57.0 Å². The van der Waals surface area contributed by atoms with Gasteiger partial charge in [-0.3, -0.25) is 43.0 Å². The molecule has 6 aromatic rings. The highest BCUT2D eigenvalue weighted by Gasteiger charge is 2.39. The molecular formula is C44H48FN11O6. The van der Waals surface area contributed by atoms with Crippen molar-refractivity contribution in [2.45, 2.75) is 82.5 Å². The number of benzene rings is 2. The third-order valence-electron chi connectivity index (χ3n) is 11.4. The Morgan fingerprint density at radius 3 is 2.47 bits per heavy atom. The van der Waals surface area contributed by atoms with Gasteiger partial charge >= 0.3 is 5.69 Å². The summed E-state index contributed by atoms with van der Waals surface area (Å²) < 4.78 is 19.3. The minimum Gasteiger partial charge on any atom is -0.385 e. The lowest BCUT2D eigenvalue weighted by molar-refractivity contribution is -0.135. The summed E-state index contributed by atoms with van der Waals surface area (Å²) in [5.41, 5.74) is 4.07. The molecule has 18 heteroatoms. The highest BCUT2D eigenvalue weighted by molar-refractivity contribution is 6.00. The topological polar surface area (TPSA) is 208 Å². The van der Waals surface area contributed by atoms with Crippen LogP contribution < -0.4 is 37.8 Å². The van der Waals surface area contributed by atoms with Crippen LogP contribution in [0.25, 0.3) is 22.4 Å². The zero-order valence-corrected chi connectivity index (χ0v) is 34.4. The summed E-state index contributed by atoms with van der Waals surface area (Å²) in [4.78, 5) is 81.2. The van der Waals surface area contributed by atoms with Crippen molar-refractivity contribution in [3.63, 3.8) is 0 Å². The highest BCUT2D eigenvalue weighted by Crippen LogP contribution is 2.27. The summed E-state index contributed by atoms with van der Waals surface area (Å²) in [6.45, 7) is 0.517. The first kappa shape index (κ1) is 41.6. The fraction of sp³-hybridized carbons (Fsp3) is 0.364. The van der Waals surface area contributed by atoms with Crippen molar-refractivity contribution in [3.8, 4) is 5.69 Å². The fourth-order valence-electron chi connectivity index (χ4n) is 7.91. The second-order valence-electron chi connectivity index (χ2n) is 15.8. The van der Waals surface area contributed by atoms with Crippen molar-refractivity contribution in [2.24, 2.45) is 7.05 Å². The molecule has 2 fully saturated rings. The smallest absolute Gasteiger partial charge is 0.329 e. The number of carbonyl (C=O) groups excluding carboxylic acids is 4. The Bertz CT molecular complexity index is 2830. The van der Waals surface area contributed by atoms with Crippen LogP contribution in [-0.2, 0) is 23.1 Å². The van der Waals surface area contributed by atoms with Gasteiger partial charge in [-0.2, -0.15) is 0 Å². The van der Waals surface area contributed by atoms with Gasteiger partial charge in [0.1, 0.15) is 17.9 Å². The molecule has 4 aromatic heterocycles. The van der Waals surface area contributed by atoms with Crippen molar-refractivity contribution in [1.29, 1.82) is 0 Å². The van der Waals surface area contributed by atoms with E-state index < -0.39 is 30.1 Å². The highest BCUT2D eigenvalue weighted by atomic mass is 19.1. The summed E-state index contributed by atoms with van der Waals surface area (Å²) in [6.07, 6.45) is 9.45. The number of aryl methyl sites for hydroxylation is 2. The fourth-order valence-corrected chi connectivity index (χ4v) is 7.91. The number of hydrogen-bond acceptors (Lipinski definition) is 10.